The van der Waals surface area contributed by atoms with Crippen LogP contribution in [-0.2, 0) is 11.3 Å². The van der Waals surface area contributed by atoms with Crippen molar-refractivity contribution in [3.8, 4) is 0 Å². The molecule has 100 valence electrons. The number of thiazole rings is 1. The van der Waals surface area contributed by atoms with Crippen LogP contribution in [0.25, 0.3) is 0 Å². The molecule has 3 N–H and O–H groups in total. The van der Waals surface area contributed by atoms with Gasteiger partial charge in [0, 0.05) is 5.38 Å². The monoisotopic (exact) mass is 277 g/mol. The lowest BCUT2D eigenvalue weighted by molar-refractivity contribution is 0.0527. The lowest BCUT2D eigenvalue weighted by Crippen LogP contribution is -2.11. The third-order valence-corrected chi connectivity index (χ3v) is 3.16. The number of rotatable bonds is 5. The van der Waals surface area contributed by atoms with E-state index in [1.165, 1.54) is 11.3 Å². The van der Waals surface area contributed by atoms with E-state index in [4.69, 9.17) is 10.5 Å². The van der Waals surface area contributed by atoms with E-state index in [9.17, 15) is 4.79 Å². The predicted octanol–water partition coefficient (Wildman–Crippen LogP) is 2.51. The quantitative estimate of drug-likeness (QED) is 0.648. The highest BCUT2D eigenvalue weighted by Gasteiger charge is 2.14. The molecule has 0 aliphatic rings. The van der Waals surface area contributed by atoms with Gasteiger partial charge in [-0.1, -0.05) is 6.07 Å². The van der Waals surface area contributed by atoms with Gasteiger partial charge >= 0.3 is 5.97 Å². The fourth-order valence-electron chi connectivity index (χ4n) is 1.65. The van der Waals surface area contributed by atoms with Gasteiger partial charge in [0.15, 0.2) is 0 Å². The molecule has 0 fully saturated rings. The minimum absolute atomic E-state index is 0.332. The van der Waals surface area contributed by atoms with Crippen LogP contribution in [0.2, 0.25) is 0 Å². The van der Waals surface area contributed by atoms with E-state index < -0.39 is 0 Å². The topological polar surface area (TPSA) is 77.2 Å². The second-order valence-electron chi connectivity index (χ2n) is 3.82. The number of para-hydroxylation sites is 1. The Morgan fingerprint density at radius 2 is 2.37 bits per heavy atom. The summed E-state index contributed by atoms with van der Waals surface area (Å²) in [4.78, 5) is 16.0. The minimum Gasteiger partial charge on any atom is -0.462 e. The number of anilines is 2. The van der Waals surface area contributed by atoms with Crippen LogP contribution in [0.4, 0.5) is 11.4 Å². The van der Waals surface area contributed by atoms with E-state index in [1.807, 2.05) is 5.38 Å². The summed E-state index contributed by atoms with van der Waals surface area (Å²) >= 11 is 1.52. The molecule has 0 amide bonds. The van der Waals surface area contributed by atoms with Crippen molar-refractivity contribution in [3.05, 3.63) is 40.3 Å². The van der Waals surface area contributed by atoms with Crippen LogP contribution in [0.5, 0.6) is 0 Å². The van der Waals surface area contributed by atoms with Gasteiger partial charge in [0.1, 0.15) is 0 Å². The Morgan fingerprint density at radius 1 is 1.53 bits per heavy atom. The lowest BCUT2D eigenvalue weighted by Gasteiger charge is -2.13. The summed E-state index contributed by atoms with van der Waals surface area (Å²) in [6.45, 7) is 2.62. The number of nitrogens with one attached hydrogen (secondary N) is 1. The van der Waals surface area contributed by atoms with Crippen LogP contribution >= 0.6 is 11.3 Å². The van der Waals surface area contributed by atoms with E-state index in [0.717, 1.165) is 5.69 Å². The zero-order valence-corrected chi connectivity index (χ0v) is 11.4. The van der Waals surface area contributed by atoms with Gasteiger partial charge in [0.2, 0.25) is 0 Å². The molecule has 0 atom stereocenters. The van der Waals surface area contributed by atoms with E-state index in [-0.39, 0.29) is 5.97 Å². The molecule has 0 aliphatic heterocycles. The summed E-state index contributed by atoms with van der Waals surface area (Å²) < 4.78 is 5.01. The van der Waals surface area contributed by atoms with Gasteiger partial charge in [-0.05, 0) is 19.1 Å². The Morgan fingerprint density at radius 3 is 3.05 bits per heavy atom. The Hall–Kier alpha value is -2.08. The predicted molar refractivity (Wildman–Crippen MR) is 76.3 cm³/mol. The zero-order valence-electron chi connectivity index (χ0n) is 10.6. The highest BCUT2D eigenvalue weighted by Crippen LogP contribution is 2.25. The van der Waals surface area contributed by atoms with Crippen molar-refractivity contribution in [1.82, 2.24) is 4.98 Å². The third kappa shape index (κ3) is 3.23. The maximum Gasteiger partial charge on any atom is 0.340 e. The molecule has 1 aromatic heterocycles. The molecule has 0 aliphatic carbocycles. The Balaban J connectivity index is 2.20. The van der Waals surface area contributed by atoms with Crippen LogP contribution in [0.15, 0.2) is 29.1 Å². The second kappa shape index (κ2) is 6.19. The average Bonchev–Trinajstić information content (AvgIpc) is 2.90. The highest BCUT2D eigenvalue weighted by molar-refractivity contribution is 7.07. The van der Waals surface area contributed by atoms with Crippen LogP contribution < -0.4 is 11.1 Å². The molecule has 0 saturated carbocycles. The van der Waals surface area contributed by atoms with Gasteiger partial charge in [-0.25, -0.2) is 9.78 Å². The summed E-state index contributed by atoms with van der Waals surface area (Å²) in [5.41, 5.74) is 10.1. The minimum atomic E-state index is -0.379. The number of benzene rings is 1. The SMILES string of the molecule is CCOC(=O)c1cccc(N)c1NCc1cscn1. The molecule has 5 nitrogen and oxygen atoms in total. The number of carbonyl (C=O) groups is 1. The average molecular weight is 277 g/mol. The Bertz CT molecular complexity index is 555. The first-order valence-electron chi connectivity index (χ1n) is 5.89. The van der Waals surface area contributed by atoms with Crippen molar-refractivity contribution in [2.45, 2.75) is 13.5 Å². The molecule has 1 heterocycles. The smallest absolute Gasteiger partial charge is 0.340 e. The molecule has 1 aromatic carbocycles. The molecular formula is C13H15N3O2S. The number of nitrogens with two attached hydrogens (primary N) is 1. The van der Waals surface area contributed by atoms with E-state index in [1.54, 1.807) is 30.6 Å². The summed E-state index contributed by atoms with van der Waals surface area (Å²) in [6, 6.07) is 5.17. The van der Waals surface area contributed by atoms with Gasteiger partial charge < -0.3 is 15.8 Å². The highest BCUT2D eigenvalue weighted by atomic mass is 32.1. The van der Waals surface area contributed by atoms with Crippen molar-refractivity contribution < 1.29 is 9.53 Å². The van der Waals surface area contributed by atoms with Crippen molar-refractivity contribution in [2.24, 2.45) is 0 Å². The molecule has 0 radical (unpaired) electrons. The Labute approximate surface area is 115 Å². The lowest BCUT2D eigenvalue weighted by atomic mass is 10.1. The van der Waals surface area contributed by atoms with Gasteiger partial charge in [0.25, 0.3) is 0 Å². The van der Waals surface area contributed by atoms with E-state index in [0.29, 0.717) is 30.1 Å². The number of carbonyl (C=O) groups excluding carboxylic acids is 1. The van der Waals surface area contributed by atoms with Crippen LogP contribution in [0.3, 0.4) is 0 Å². The molecule has 6 heteroatoms. The number of nitrogens with zero attached hydrogens (tertiary/aromatic N) is 1. The second-order valence-corrected chi connectivity index (χ2v) is 4.54. The molecule has 0 spiro atoms. The number of aromatic nitrogens is 1. The molecule has 19 heavy (non-hydrogen) atoms. The van der Waals surface area contributed by atoms with Crippen LogP contribution in [0, 0.1) is 0 Å². The number of nitrogen functional groups attached to an aromatic ring is 1. The van der Waals surface area contributed by atoms with Crippen molar-refractivity contribution in [3.63, 3.8) is 0 Å². The first-order chi connectivity index (χ1) is 9.22. The molecule has 0 saturated heterocycles. The maximum absolute atomic E-state index is 11.8. The fraction of sp³-hybridized carbons (Fsp3) is 0.231. The van der Waals surface area contributed by atoms with Gasteiger partial charge in [-0.2, -0.15) is 0 Å². The first kappa shape index (κ1) is 13.4. The molecule has 0 bridgehead atoms. The van der Waals surface area contributed by atoms with Crippen molar-refractivity contribution in [2.75, 3.05) is 17.7 Å². The van der Waals surface area contributed by atoms with Gasteiger partial charge in [0.05, 0.1) is 41.3 Å². The van der Waals surface area contributed by atoms with Crippen molar-refractivity contribution in [1.29, 1.82) is 0 Å². The third-order valence-electron chi connectivity index (χ3n) is 2.52. The van der Waals surface area contributed by atoms with Crippen LogP contribution in [-0.4, -0.2) is 17.6 Å². The van der Waals surface area contributed by atoms with E-state index >= 15 is 0 Å². The number of ether oxygens (including phenoxy) is 1. The summed E-state index contributed by atoms with van der Waals surface area (Å²) in [7, 11) is 0. The maximum atomic E-state index is 11.8. The summed E-state index contributed by atoms with van der Waals surface area (Å²) in [5, 5.41) is 5.08. The molecule has 0 unspecified atom stereocenters. The van der Waals surface area contributed by atoms with Crippen molar-refractivity contribution >= 4 is 28.7 Å². The number of esters is 1. The zero-order chi connectivity index (χ0) is 13.7. The molecule has 2 aromatic rings. The normalized spacial score (nSPS) is 10.2. The first-order valence-corrected chi connectivity index (χ1v) is 6.83. The van der Waals surface area contributed by atoms with Crippen LogP contribution in [0.1, 0.15) is 23.0 Å². The van der Waals surface area contributed by atoms with Gasteiger partial charge in [-0.3, -0.25) is 0 Å². The number of hydrogen-bond acceptors (Lipinski definition) is 6. The van der Waals surface area contributed by atoms with E-state index in [2.05, 4.69) is 10.3 Å². The molecule has 2 rings (SSSR count). The summed E-state index contributed by atoms with van der Waals surface area (Å²) in [6.07, 6.45) is 0. The standard InChI is InChI=1S/C13H15N3O2S/c1-2-18-13(17)10-4-3-5-11(14)12(10)15-6-9-7-19-8-16-9/h3-5,7-8,15H,2,6,14H2,1H3. The Kier molecular flexibility index (Phi) is 4.35. The summed E-state index contributed by atoms with van der Waals surface area (Å²) in [5.74, 6) is -0.379. The number of hydrogen-bond donors (Lipinski definition) is 2. The van der Waals surface area contributed by atoms with Gasteiger partial charge in [-0.15, -0.1) is 11.3 Å². The fourth-order valence-corrected chi connectivity index (χ4v) is 2.21. The largest absolute Gasteiger partial charge is 0.462 e. The molecular weight excluding hydrogens is 262 g/mol.